The molecular formula is C11H19NO4. The molecule has 2 fully saturated rings. The highest BCUT2D eigenvalue weighted by Crippen LogP contribution is 2.29. The summed E-state index contributed by atoms with van der Waals surface area (Å²) < 4.78 is 5.09. The summed E-state index contributed by atoms with van der Waals surface area (Å²) in [7, 11) is 0. The highest BCUT2D eigenvalue weighted by molar-refractivity contribution is 5.78. The molecule has 2 N–H and O–H groups in total. The van der Waals surface area contributed by atoms with Crippen molar-refractivity contribution in [3.8, 4) is 0 Å². The maximum Gasteiger partial charge on any atom is 0.248 e. The third kappa shape index (κ3) is 2.53. The third-order valence-corrected chi connectivity index (χ3v) is 3.63. The number of amides is 1. The predicted octanol–water partition coefficient (Wildman–Crippen LogP) is -0.285. The molecule has 2 aliphatic rings. The molecule has 92 valence electrons. The van der Waals surface area contributed by atoms with Crippen molar-refractivity contribution in [1.29, 1.82) is 0 Å². The zero-order chi connectivity index (χ0) is 11.5. The Bertz CT molecular complexity index is 248. The Hall–Kier alpha value is -0.650. The van der Waals surface area contributed by atoms with E-state index in [4.69, 9.17) is 14.9 Å². The van der Waals surface area contributed by atoms with Crippen molar-refractivity contribution in [3.05, 3.63) is 0 Å². The second kappa shape index (κ2) is 5.12. The third-order valence-electron chi connectivity index (χ3n) is 3.63. The topological polar surface area (TPSA) is 70.0 Å². The van der Waals surface area contributed by atoms with Gasteiger partial charge in [-0.05, 0) is 25.7 Å². The maximum absolute atomic E-state index is 11.6. The fourth-order valence-electron chi connectivity index (χ4n) is 2.63. The predicted molar refractivity (Wildman–Crippen MR) is 56.5 cm³/mol. The molecule has 1 saturated carbocycles. The Balaban J connectivity index is 1.86. The molecule has 5 nitrogen and oxygen atoms in total. The Morgan fingerprint density at radius 1 is 1.25 bits per heavy atom. The van der Waals surface area contributed by atoms with Gasteiger partial charge in [0.1, 0.15) is 6.61 Å². The molecule has 0 bridgehead atoms. The van der Waals surface area contributed by atoms with Crippen LogP contribution in [0.5, 0.6) is 0 Å². The number of rotatable bonds is 2. The van der Waals surface area contributed by atoms with Gasteiger partial charge in [-0.25, -0.2) is 0 Å². The first-order valence-corrected chi connectivity index (χ1v) is 5.92. The molecule has 0 unspecified atom stereocenters. The van der Waals surface area contributed by atoms with Crippen LogP contribution in [0.15, 0.2) is 0 Å². The quantitative estimate of drug-likeness (QED) is 0.639. The molecule has 0 aromatic heterocycles. The Labute approximate surface area is 95.0 Å². The van der Waals surface area contributed by atoms with E-state index in [1.165, 1.54) is 0 Å². The van der Waals surface area contributed by atoms with Gasteiger partial charge in [-0.15, -0.1) is 0 Å². The van der Waals surface area contributed by atoms with Gasteiger partial charge in [0.2, 0.25) is 5.91 Å². The van der Waals surface area contributed by atoms with Crippen LogP contribution in [0.25, 0.3) is 0 Å². The number of aliphatic hydroxyl groups is 2. The van der Waals surface area contributed by atoms with Crippen molar-refractivity contribution in [1.82, 2.24) is 4.90 Å². The molecule has 0 aromatic rings. The molecule has 1 aliphatic carbocycles. The monoisotopic (exact) mass is 229 g/mol. The highest BCUT2D eigenvalue weighted by Gasteiger charge is 2.32. The molecule has 0 atom stereocenters. The molecule has 16 heavy (non-hydrogen) atoms. The smallest absolute Gasteiger partial charge is 0.248 e. The van der Waals surface area contributed by atoms with Gasteiger partial charge < -0.3 is 19.8 Å². The van der Waals surface area contributed by atoms with Crippen LogP contribution >= 0.6 is 0 Å². The molecule has 1 aliphatic heterocycles. The van der Waals surface area contributed by atoms with Crippen molar-refractivity contribution in [2.45, 2.75) is 38.0 Å². The number of carbonyl (C=O) groups excluding carboxylic acids is 1. The van der Waals surface area contributed by atoms with Gasteiger partial charge in [-0.2, -0.15) is 0 Å². The normalized spacial score (nSPS) is 32.2. The van der Waals surface area contributed by atoms with Gasteiger partial charge in [0.25, 0.3) is 0 Å². The fraction of sp³-hybridized carbons (Fsp3) is 0.909. The summed E-state index contributed by atoms with van der Waals surface area (Å²) >= 11 is 0. The highest BCUT2D eigenvalue weighted by atomic mass is 16.5. The zero-order valence-electron chi connectivity index (χ0n) is 9.34. The van der Waals surface area contributed by atoms with Crippen LogP contribution in [0.2, 0.25) is 0 Å². The lowest BCUT2D eigenvalue weighted by molar-refractivity contribution is -0.148. The number of aliphatic hydroxyl groups excluding tert-OH is 1. The van der Waals surface area contributed by atoms with Crippen molar-refractivity contribution < 1.29 is 19.7 Å². The molecule has 1 saturated heterocycles. The minimum absolute atomic E-state index is 0.0209. The molecule has 5 heteroatoms. The number of hydrogen-bond acceptors (Lipinski definition) is 4. The first-order chi connectivity index (χ1) is 7.68. The van der Waals surface area contributed by atoms with Crippen LogP contribution < -0.4 is 0 Å². The van der Waals surface area contributed by atoms with Gasteiger partial charge in [0, 0.05) is 18.5 Å². The lowest BCUT2D eigenvalue weighted by atomic mass is 9.85. The molecular weight excluding hydrogens is 210 g/mol. The number of ether oxygens (including phenoxy) is 1. The minimum atomic E-state index is -1.21. The lowest BCUT2D eigenvalue weighted by Crippen LogP contribution is -2.49. The SMILES string of the molecule is O=C1COCCN1C1CCC(C(O)O)CC1. The van der Waals surface area contributed by atoms with E-state index in [0.29, 0.717) is 13.2 Å². The standard InChI is InChI=1S/C11H19NO4/c13-10-7-16-6-5-12(10)9-3-1-8(2-4-9)11(14)15/h8-9,11,14-15H,1-7H2. The number of morpholine rings is 1. The van der Waals surface area contributed by atoms with Crippen molar-refractivity contribution in [2.24, 2.45) is 5.92 Å². The van der Waals surface area contributed by atoms with E-state index in [2.05, 4.69) is 0 Å². The Morgan fingerprint density at radius 3 is 2.50 bits per heavy atom. The number of carbonyl (C=O) groups is 1. The van der Waals surface area contributed by atoms with E-state index in [0.717, 1.165) is 25.7 Å². The second-order valence-corrected chi connectivity index (χ2v) is 4.62. The van der Waals surface area contributed by atoms with E-state index in [9.17, 15) is 4.79 Å². The molecule has 1 amide bonds. The average Bonchev–Trinajstić information content (AvgIpc) is 2.30. The van der Waals surface area contributed by atoms with Gasteiger partial charge in [0.05, 0.1) is 6.61 Å². The lowest BCUT2D eigenvalue weighted by Gasteiger charge is -2.39. The summed E-state index contributed by atoms with van der Waals surface area (Å²) in [5, 5.41) is 18.2. The zero-order valence-corrected chi connectivity index (χ0v) is 9.34. The minimum Gasteiger partial charge on any atom is -0.370 e. The largest absolute Gasteiger partial charge is 0.370 e. The number of hydrogen-bond donors (Lipinski definition) is 2. The van der Waals surface area contributed by atoms with Crippen molar-refractivity contribution in [2.75, 3.05) is 19.8 Å². The van der Waals surface area contributed by atoms with Crippen molar-refractivity contribution >= 4 is 5.91 Å². The number of nitrogens with zero attached hydrogens (tertiary/aromatic N) is 1. The molecule has 1 heterocycles. The average molecular weight is 229 g/mol. The molecule has 0 spiro atoms. The second-order valence-electron chi connectivity index (χ2n) is 4.62. The summed E-state index contributed by atoms with van der Waals surface area (Å²) in [6.07, 6.45) is 2.10. The fourth-order valence-corrected chi connectivity index (χ4v) is 2.63. The Kier molecular flexibility index (Phi) is 3.78. The van der Waals surface area contributed by atoms with Crippen LogP contribution in [0.1, 0.15) is 25.7 Å². The van der Waals surface area contributed by atoms with Crippen LogP contribution in [0.4, 0.5) is 0 Å². The first kappa shape index (κ1) is 11.8. The first-order valence-electron chi connectivity index (χ1n) is 5.92. The van der Waals surface area contributed by atoms with Gasteiger partial charge in [0.15, 0.2) is 6.29 Å². The van der Waals surface area contributed by atoms with E-state index >= 15 is 0 Å². The van der Waals surface area contributed by atoms with E-state index in [-0.39, 0.29) is 24.5 Å². The van der Waals surface area contributed by atoms with Gasteiger partial charge in [-0.1, -0.05) is 0 Å². The summed E-state index contributed by atoms with van der Waals surface area (Å²) in [5.41, 5.74) is 0. The van der Waals surface area contributed by atoms with Crippen LogP contribution in [-0.4, -0.2) is 53.1 Å². The van der Waals surface area contributed by atoms with Crippen LogP contribution in [0.3, 0.4) is 0 Å². The van der Waals surface area contributed by atoms with Crippen molar-refractivity contribution in [3.63, 3.8) is 0 Å². The summed E-state index contributed by atoms with van der Waals surface area (Å²) in [6, 6.07) is 0.270. The Morgan fingerprint density at radius 2 is 1.94 bits per heavy atom. The molecule has 0 radical (unpaired) electrons. The van der Waals surface area contributed by atoms with Gasteiger partial charge >= 0.3 is 0 Å². The summed E-state index contributed by atoms with van der Waals surface area (Å²) in [5.74, 6) is 0.0478. The van der Waals surface area contributed by atoms with Crippen LogP contribution in [0, 0.1) is 5.92 Å². The van der Waals surface area contributed by atoms with E-state index in [1.807, 2.05) is 4.90 Å². The summed E-state index contributed by atoms with van der Waals surface area (Å²) in [6.45, 7) is 1.49. The summed E-state index contributed by atoms with van der Waals surface area (Å²) in [4.78, 5) is 13.5. The molecule has 2 rings (SSSR count). The molecule has 0 aromatic carbocycles. The van der Waals surface area contributed by atoms with E-state index in [1.54, 1.807) is 0 Å². The van der Waals surface area contributed by atoms with Gasteiger partial charge in [-0.3, -0.25) is 4.79 Å². The van der Waals surface area contributed by atoms with E-state index < -0.39 is 6.29 Å². The van der Waals surface area contributed by atoms with Crippen LogP contribution in [-0.2, 0) is 9.53 Å². The maximum atomic E-state index is 11.6.